The van der Waals surface area contributed by atoms with E-state index in [9.17, 15) is 5.11 Å². The molecule has 5 rings (SSSR count). The topological polar surface area (TPSA) is 20.2 Å². The van der Waals surface area contributed by atoms with Gasteiger partial charge in [0, 0.05) is 0 Å². The smallest absolute Gasteiger partial charge is 0.0571 e. The third kappa shape index (κ3) is 2.29. The van der Waals surface area contributed by atoms with Gasteiger partial charge in [-0.05, 0) is 115 Å². The minimum atomic E-state index is -0.0340. The second kappa shape index (κ2) is 6.24. The molecule has 0 aliphatic heterocycles. The van der Waals surface area contributed by atoms with E-state index in [1.54, 1.807) is 0 Å². The molecule has 5 saturated carbocycles. The van der Waals surface area contributed by atoms with Crippen LogP contribution in [0.1, 0.15) is 112 Å². The first kappa shape index (κ1) is 19.9. The van der Waals surface area contributed by atoms with Gasteiger partial charge >= 0.3 is 0 Å². The molecule has 9 unspecified atom stereocenters. The summed E-state index contributed by atoms with van der Waals surface area (Å²) >= 11 is 0. The lowest BCUT2D eigenvalue weighted by atomic mass is 9.33. The highest BCUT2D eigenvalue weighted by Crippen LogP contribution is 2.75. The number of rotatable bonds is 1. The normalized spacial score (nSPS) is 61.1. The van der Waals surface area contributed by atoms with Crippen LogP contribution in [-0.4, -0.2) is 11.2 Å². The molecule has 0 radical (unpaired) electrons. The largest absolute Gasteiger partial charge is 0.393 e. The summed E-state index contributed by atoms with van der Waals surface area (Å²) in [6, 6.07) is 0. The molecule has 1 N–H and O–H groups in total. The van der Waals surface area contributed by atoms with E-state index in [1.165, 1.54) is 70.6 Å². The average Bonchev–Trinajstić information content (AvgIpc) is 3.05. The second-order valence-electron chi connectivity index (χ2n) is 13.1. The predicted molar refractivity (Wildman–Crippen MR) is 117 cm³/mol. The fraction of sp³-hybridized carbons (Fsp3) is 1.00. The molecule has 0 heterocycles. The van der Waals surface area contributed by atoms with Crippen molar-refractivity contribution in [3.63, 3.8) is 0 Å². The highest BCUT2D eigenvalue weighted by atomic mass is 16.3. The molecule has 1 nitrogen and oxygen atoms in total. The summed E-state index contributed by atoms with van der Waals surface area (Å²) in [5.41, 5.74) is 2.20. The van der Waals surface area contributed by atoms with Crippen LogP contribution in [0.4, 0.5) is 0 Å². The van der Waals surface area contributed by atoms with Crippen LogP contribution >= 0.6 is 0 Å². The van der Waals surface area contributed by atoms with Gasteiger partial charge in [-0.3, -0.25) is 0 Å². The Morgan fingerprint density at radius 1 is 0.714 bits per heavy atom. The van der Waals surface area contributed by atoms with Gasteiger partial charge in [0.25, 0.3) is 0 Å². The fourth-order valence-corrected chi connectivity index (χ4v) is 10.8. The molecule has 10 atom stereocenters. The zero-order valence-electron chi connectivity index (χ0n) is 19.4. The number of hydrogen-bond acceptors (Lipinski definition) is 1. The van der Waals surface area contributed by atoms with Crippen molar-refractivity contribution in [1.82, 2.24) is 0 Å². The van der Waals surface area contributed by atoms with Crippen molar-refractivity contribution in [2.75, 3.05) is 0 Å². The number of fused-ring (bicyclic) bond motifs is 7. The Bertz CT molecular complexity index is 628. The second-order valence-corrected chi connectivity index (χ2v) is 13.1. The lowest BCUT2D eigenvalue weighted by Crippen LogP contribution is -2.65. The van der Waals surface area contributed by atoms with E-state index in [0.29, 0.717) is 27.6 Å². The highest BCUT2D eigenvalue weighted by molar-refractivity contribution is 5.17. The maximum Gasteiger partial charge on any atom is 0.0571 e. The molecule has 0 aromatic heterocycles. The van der Waals surface area contributed by atoms with Crippen molar-refractivity contribution in [3.8, 4) is 0 Å². The van der Waals surface area contributed by atoms with Crippen LogP contribution in [0.2, 0.25) is 0 Å². The summed E-state index contributed by atoms with van der Waals surface area (Å²) in [5.74, 6) is 4.18. The molecular formula is C27H46O. The van der Waals surface area contributed by atoms with Crippen molar-refractivity contribution >= 4 is 0 Å². The summed E-state index contributed by atoms with van der Waals surface area (Å²) in [5, 5.41) is 10.8. The van der Waals surface area contributed by atoms with Crippen molar-refractivity contribution in [3.05, 3.63) is 0 Å². The van der Waals surface area contributed by atoms with Crippen LogP contribution in [0.25, 0.3) is 0 Å². The molecule has 0 bridgehead atoms. The quantitative estimate of drug-likeness (QED) is 0.504. The van der Waals surface area contributed by atoms with Crippen molar-refractivity contribution in [2.24, 2.45) is 51.2 Å². The first-order valence-corrected chi connectivity index (χ1v) is 12.9. The van der Waals surface area contributed by atoms with Gasteiger partial charge in [0.05, 0.1) is 6.10 Å². The molecule has 0 aromatic carbocycles. The zero-order valence-corrected chi connectivity index (χ0v) is 19.4. The summed E-state index contributed by atoms with van der Waals surface area (Å²) in [4.78, 5) is 0. The van der Waals surface area contributed by atoms with Crippen LogP contribution < -0.4 is 0 Å². The summed E-state index contributed by atoms with van der Waals surface area (Å²) < 4.78 is 0. The zero-order chi connectivity index (χ0) is 19.9. The maximum absolute atomic E-state index is 10.8. The molecule has 160 valence electrons. The van der Waals surface area contributed by atoms with E-state index < -0.39 is 0 Å². The SMILES string of the molecule is CCC1C(O)CCC2(C)C1CCC1(C)C2CCC2C3CCCC3(C)CC[C@]21C. The molecule has 0 amide bonds. The highest BCUT2D eigenvalue weighted by Gasteiger charge is 2.68. The van der Waals surface area contributed by atoms with Gasteiger partial charge < -0.3 is 5.11 Å². The molecule has 28 heavy (non-hydrogen) atoms. The molecule has 5 aliphatic rings. The van der Waals surface area contributed by atoms with E-state index in [4.69, 9.17) is 0 Å². The lowest BCUT2D eigenvalue weighted by molar-refractivity contribution is -0.233. The van der Waals surface area contributed by atoms with Crippen LogP contribution in [-0.2, 0) is 0 Å². The van der Waals surface area contributed by atoms with Crippen LogP contribution in [0.3, 0.4) is 0 Å². The Balaban J connectivity index is 1.51. The van der Waals surface area contributed by atoms with Gasteiger partial charge in [0.2, 0.25) is 0 Å². The molecule has 0 saturated heterocycles. The summed E-state index contributed by atoms with van der Waals surface area (Å²) in [7, 11) is 0. The minimum absolute atomic E-state index is 0.0340. The summed E-state index contributed by atoms with van der Waals surface area (Å²) in [6.07, 6.45) is 16.7. The standard InChI is InChI=1S/C27H46O/c1-6-18-19-11-15-27(5)23(25(19,3)14-12-22(18)28)10-9-21-20-8-7-13-24(20,2)16-17-26(21,27)4/h18-23,28H,6-17H2,1-5H3/t18?,19?,20?,21?,22?,23?,24?,25?,26-,27?/m1/s1. The van der Waals surface area contributed by atoms with E-state index >= 15 is 0 Å². The van der Waals surface area contributed by atoms with Gasteiger partial charge in [0.15, 0.2) is 0 Å². The van der Waals surface area contributed by atoms with E-state index in [-0.39, 0.29) is 6.10 Å². The number of hydrogen-bond donors (Lipinski definition) is 1. The maximum atomic E-state index is 10.8. The molecule has 5 aliphatic carbocycles. The lowest BCUT2D eigenvalue weighted by Gasteiger charge is -2.71. The average molecular weight is 387 g/mol. The fourth-order valence-electron chi connectivity index (χ4n) is 10.8. The van der Waals surface area contributed by atoms with E-state index in [1.807, 2.05) is 0 Å². The van der Waals surface area contributed by atoms with Gasteiger partial charge in [-0.2, -0.15) is 0 Å². The van der Waals surface area contributed by atoms with Crippen LogP contribution in [0, 0.1) is 51.2 Å². The van der Waals surface area contributed by atoms with Gasteiger partial charge in [-0.15, -0.1) is 0 Å². The molecule has 0 aromatic rings. The third-order valence-corrected chi connectivity index (χ3v) is 12.6. The van der Waals surface area contributed by atoms with Gasteiger partial charge in [-0.1, -0.05) is 47.5 Å². The van der Waals surface area contributed by atoms with E-state index in [0.717, 1.165) is 30.1 Å². The Morgan fingerprint density at radius 2 is 1.50 bits per heavy atom. The molecule has 0 spiro atoms. The Hall–Kier alpha value is -0.0400. The van der Waals surface area contributed by atoms with Crippen LogP contribution in [0.15, 0.2) is 0 Å². The first-order valence-electron chi connectivity index (χ1n) is 12.9. The number of aliphatic hydroxyl groups is 1. The van der Waals surface area contributed by atoms with Crippen molar-refractivity contribution in [2.45, 2.75) is 118 Å². The van der Waals surface area contributed by atoms with Gasteiger partial charge in [0.1, 0.15) is 0 Å². The Kier molecular flexibility index (Phi) is 4.43. The first-order chi connectivity index (χ1) is 13.2. The molecular weight excluding hydrogens is 340 g/mol. The monoisotopic (exact) mass is 386 g/mol. The summed E-state index contributed by atoms with van der Waals surface area (Å²) in [6.45, 7) is 13.1. The number of aliphatic hydroxyl groups excluding tert-OH is 1. The molecule has 1 heteroatoms. The van der Waals surface area contributed by atoms with E-state index in [2.05, 4.69) is 34.6 Å². The molecule has 5 fully saturated rings. The van der Waals surface area contributed by atoms with Gasteiger partial charge in [-0.25, -0.2) is 0 Å². The predicted octanol–water partition coefficient (Wildman–Crippen LogP) is 7.22. The Morgan fingerprint density at radius 3 is 2.25 bits per heavy atom. The van der Waals surface area contributed by atoms with Crippen molar-refractivity contribution in [1.29, 1.82) is 0 Å². The Labute approximate surface area is 174 Å². The minimum Gasteiger partial charge on any atom is -0.393 e. The van der Waals surface area contributed by atoms with Crippen molar-refractivity contribution < 1.29 is 5.11 Å². The third-order valence-electron chi connectivity index (χ3n) is 12.6. The van der Waals surface area contributed by atoms with Crippen LogP contribution in [0.5, 0.6) is 0 Å².